The normalized spacial score (nSPS) is 11.6. The minimum absolute atomic E-state index is 0.208. The fourth-order valence-electron chi connectivity index (χ4n) is 1.35. The first kappa shape index (κ1) is 12.9. The number of hydrogen-bond donors (Lipinski definition) is 1. The Balaban J connectivity index is 2.79. The van der Waals surface area contributed by atoms with Crippen LogP contribution in [0.15, 0.2) is 12.1 Å². The van der Waals surface area contributed by atoms with Gasteiger partial charge in [-0.2, -0.15) is 5.26 Å². The number of nitriles is 1. The molecule has 1 rings (SSSR count). The molecule has 1 amide bonds. The Hall–Kier alpha value is -2.16. The molecule has 0 radical (unpaired) electrons. The van der Waals surface area contributed by atoms with Crippen LogP contribution in [-0.2, 0) is 0 Å². The second-order valence-corrected chi connectivity index (χ2v) is 3.72. The van der Waals surface area contributed by atoms with Gasteiger partial charge < -0.3 is 10.6 Å². The number of carbonyl (C=O) groups excluding carboxylic acids is 1. The van der Waals surface area contributed by atoms with Crippen LogP contribution in [0.2, 0.25) is 0 Å². The number of anilines is 1. The topological polar surface area (TPSA) is 95.9 Å². The summed E-state index contributed by atoms with van der Waals surface area (Å²) in [7, 11) is 0. The second-order valence-electron chi connectivity index (χ2n) is 3.72. The van der Waals surface area contributed by atoms with E-state index in [1.165, 1.54) is 12.1 Å². The summed E-state index contributed by atoms with van der Waals surface area (Å²) in [4.78, 5) is 13.6. The Morgan fingerprint density at radius 3 is 2.76 bits per heavy atom. The summed E-state index contributed by atoms with van der Waals surface area (Å²) in [6.45, 7) is 4.53. The lowest BCUT2D eigenvalue weighted by molar-refractivity contribution is 0.0745. The zero-order chi connectivity index (χ0) is 12.8. The molecule has 90 valence electrons. The van der Waals surface area contributed by atoms with Crippen LogP contribution in [0.5, 0.6) is 0 Å². The monoisotopic (exact) mass is 233 g/mol. The third-order valence-electron chi connectivity index (χ3n) is 2.29. The summed E-state index contributed by atoms with van der Waals surface area (Å²) in [5.74, 6) is -0.169. The molecule has 6 nitrogen and oxygen atoms in total. The van der Waals surface area contributed by atoms with E-state index in [1.807, 2.05) is 6.92 Å². The average molecular weight is 233 g/mol. The van der Waals surface area contributed by atoms with Gasteiger partial charge in [-0.25, -0.2) is 0 Å². The second kappa shape index (κ2) is 5.80. The van der Waals surface area contributed by atoms with Gasteiger partial charge in [0, 0.05) is 13.1 Å². The summed E-state index contributed by atoms with van der Waals surface area (Å²) >= 11 is 0. The fourth-order valence-corrected chi connectivity index (χ4v) is 1.35. The van der Waals surface area contributed by atoms with Crippen molar-refractivity contribution >= 4 is 11.7 Å². The Morgan fingerprint density at radius 2 is 2.29 bits per heavy atom. The van der Waals surface area contributed by atoms with Crippen LogP contribution >= 0.6 is 0 Å². The van der Waals surface area contributed by atoms with Gasteiger partial charge in [0.1, 0.15) is 5.82 Å². The van der Waals surface area contributed by atoms with Crippen LogP contribution in [0.25, 0.3) is 0 Å². The third-order valence-corrected chi connectivity index (χ3v) is 2.29. The molecule has 2 N–H and O–H groups in total. The first-order valence-corrected chi connectivity index (χ1v) is 5.36. The minimum Gasteiger partial charge on any atom is -0.382 e. The maximum absolute atomic E-state index is 12.0. The number of aromatic nitrogens is 2. The first-order chi connectivity index (χ1) is 8.08. The van der Waals surface area contributed by atoms with Gasteiger partial charge in [0.2, 0.25) is 0 Å². The van der Waals surface area contributed by atoms with E-state index >= 15 is 0 Å². The smallest absolute Gasteiger partial charge is 0.274 e. The van der Waals surface area contributed by atoms with E-state index in [0.717, 1.165) is 0 Å². The summed E-state index contributed by atoms with van der Waals surface area (Å²) in [6, 6.07) is 5.16. The largest absolute Gasteiger partial charge is 0.382 e. The van der Waals surface area contributed by atoms with E-state index in [0.29, 0.717) is 13.1 Å². The van der Waals surface area contributed by atoms with Crippen LogP contribution in [0.4, 0.5) is 5.82 Å². The van der Waals surface area contributed by atoms with Crippen LogP contribution < -0.4 is 5.73 Å². The summed E-state index contributed by atoms with van der Waals surface area (Å²) in [5.41, 5.74) is 5.64. The first-order valence-electron chi connectivity index (χ1n) is 5.36. The predicted molar refractivity (Wildman–Crippen MR) is 62.8 cm³/mol. The number of nitrogens with two attached hydrogens (primary N) is 1. The molecule has 0 bridgehead atoms. The van der Waals surface area contributed by atoms with Gasteiger partial charge in [-0.3, -0.25) is 4.79 Å². The van der Waals surface area contributed by atoms with E-state index in [-0.39, 0.29) is 23.3 Å². The minimum atomic E-state index is -0.234. The lowest BCUT2D eigenvalue weighted by Gasteiger charge is -2.21. The van der Waals surface area contributed by atoms with Crippen molar-refractivity contribution < 1.29 is 4.79 Å². The van der Waals surface area contributed by atoms with Crippen LogP contribution in [-0.4, -0.2) is 34.1 Å². The molecule has 1 unspecified atom stereocenters. The van der Waals surface area contributed by atoms with Crippen molar-refractivity contribution in [3.63, 3.8) is 0 Å². The number of nitrogen functional groups attached to an aromatic ring is 1. The fraction of sp³-hybridized carbons (Fsp3) is 0.455. The maximum Gasteiger partial charge on any atom is 0.274 e. The van der Waals surface area contributed by atoms with Gasteiger partial charge >= 0.3 is 0 Å². The summed E-state index contributed by atoms with van der Waals surface area (Å²) in [5, 5.41) is 16.1. The number of hydrogen-bond acceptors (Lipinski definition) is 5. The molecule has 0 aliphatic heterocycles. The zero-order valence-corrected chi connectivity index (χ0v) is 9.92. The standard InChI is InChI=1S/C11H15N5O/c1-3-16(7-8(2)6-12)11(17)9-4-5-10(13)15-14-9/h4-5,8H,3,7H2,1-2H3,(H2,13,15). The van der Waals surface area contributed by atoms with E-state index in [2.05, 4.69) is 16.3 Å². The maximum atomic E-state index is 12.0. The molecule has 0 aliphatic rings. The summed E-state index contributed by atoms with van der Waals surface area (Å²) in [6.07, 6.45) is 0. The van der Waals surface area contributed by atoms with Crippen molar-refractivity contribution in [2.24, 2.45) is 5.92 Å². The lowest BCUT2D eigenvalue weighted by Crippen LogP contribution is -2.35. The van der Waals surface area contributed by atoms with E-state index in [1.54, 1.807) is 11.8 Å². The molecule has 0 fully saturated rings. The van der Waals surface area contributed by atoms with Gasteiger partial charge in [-0.15, -0.1) is 10.2 Å². The highest BCUT2D eigenvalue weighted by Crippen LogP contribution is 2.05. The van der Waals surface area contributed by atoms with Crippen molar-refractivity contribution in [3.8, 4) is 6.07 Å². The van der Waals surface area contributed by atoms with Crippen molar-refractivity contribution in [2.45, 2.75) is 13.8 Å². The molecule has 17 heavy (non-hydrogen) atoms. The molecule has 0 saturated heterocycles. The van der Waals surface area contributed by atoms with Gasteiger partial charge in [-0.1, -0.05) is 0 Å². The lowest BCUT2D eigenvalue weighted by atomic mass is 10.2. The highest BCUT2D eigenvalue weighted by atomic mass is 16.2. The Kier molecular flexibility index (Phi) is 4.40. The van der Waals surface area contributed by atoms with Gasteiger partial charge in [0.15, 0.2) is 5.69 Å². The molecular formula is C11H15N5O. The van der Waals surface area contributed by atoms with Crippen molar-refractivity contribution in [3.05, 3.63) is 17.8 Å². The van der Waals surface area contributed by atoms with E-state index in [9.17, 15) is 4.79 Å². The van der Waals surface area contributed by atoms with Gasteiger partial charge in [0.05, 0.1) is 12.0 Å². The highest BCUT2D eigenvalue weighted by Gasteiger charge is 2.17. The number of nitrogens with zero attached hydrogens (tertiary/aromatic N) is 4. The zero-order valence-electron chi connectivity index (χ0n) is 9.92. The van der Waals surface area contributed by atoms with Crippen molar-refractivity contribution in [2.75, 3.05) is 18.8 Å². The number of amides is 1. The van der Waals surface area contributed by atoms with Crippen LogP contribution in [0.3, 0.4) is 0 Å². The average Bonchev–Trinajstić information content (AvgIpc) is 2.35. The molecule has 1 aromatic heterocycles. The molecule has 0 aliphatic carbocycles. The molecule has 1 heterocycles. The molecule has 6 heteroatoms. The SMILES string of the molecule is CCN(CC(C)C#N)C(=O)c1ccc(N)nn1. The summed E-state index contributed by atoms with van der Waals surface area (Å²) < 4.78 is 0. The molecular weight excluding hydrogens is 218 g/mol. The highest BCUT2D eigenvalue weighted by molar-refractivity contribution is 5.92. The Morgan fingerprint density at radius 1 is 1.59 bits per heavy atom. The Bertz CT molecular complexity index is 422. The van der Waals surface area contributed by atoms with E-state index < -0.39 is 0 Å². The third kappa shape index (κ3) is 3.41. The van der Waals surface area contributed by atoms with Crippen molar-refractivity contribution in [1.29, 1.82) is 5.26 Å². The van der Waals surface area contributed by atoms with Gasteiger partial charge in [0.25, 0.3) is 5.91 Å². The number of carbonyl (C=O) groups is 1. The van der Waals surface area contributed by atoms with Crippen molar-refractivity contribution in [1.82, 2.24) is 15.1 Å². The van der Waals surface area contributed by atoms with Gasteiger partial charge in [-0.05, 0) is 26.0 Å². The van der Waals surface area contributed by atoms with Crippen LogP contribution in [0.1, 0.15) is 24.3 Å². The quantitative estimate of drug-likeness (QED) is 0.824. The van der Waals surface area contributed by atoms with Crippen LogP contribution in [0, 0.1) is 17.2 Å². The molecule has 0 aromatic carbocycles. The molecule has 1 aromatic rings. The molecule has 0 saturated carbocycles. The molecule has 1 atom stereocenters. The number of rotatable bonds is 4. The van der Waals surface area contributed by atoms with E-state index in [4.69, 9.17) is 11.0 Å². The predicted octanol–water partition coefficient (Wildman–Crippen LogP) is 0.681. The Labute approximate surface area is 100 Å². The molecule has 0 spiro atoms.